The van der Waals surface area contributed by atoms with Crippen molar-refractivity contribution in [2.75, 3.05) is 13.2 Å². The maximum Gasteiger partial charge on any atom is 0.345 e. The number of hydrogen-bond acceptors (Lipinski definition) is 11. The number of benzene rings is 4. The Labute approximate surface area is 309 Å². The highest BCUT2D eigenvalue weighted by Gasteiger charge is 2.23. The molecular formula is C41H38N2O7S2. The molecule has 0 spiro atoms. The molecule has 0 saturated heterocycles. The number of unbranched alkanes of at least 4 members (excludes halogenated alkanes) is 3. The third kappa shape index (κ3) is 9.09. The van der Waals surface area contributed by atoms with Gasteiger partial charge in [0.05, 0.1) is 39.3 Å². The zero-order chi connectivity index (χ0) is 36.5. The lowest BCUT2D eigenvalue weighted by Gasteiger charge is -2.10. The smallest absolute Gasteiger partial charge is 0.345 e. The fraction of sp³-hybridized carbons (Fsp3) is 0.244. The van der Waals surface area contributed by atoms with Gasteiger partial charge in [0, 0.05) is 6.08 Å². The maximum absolute atomic E-state index is 13.5. The van der Waals surface area contributed by atoms with Gasteiger partial charge in [0.25, 0.3) is 0 Å². The Balaban J connectivity index is 1.17. The van der Waals surface area contributed by atoms with E-state index in [2.05, 4.69) is 19.6 Å². The van der Waals surface area contributed by atoms with E-state index in [0.717, 1.165) is 60.4 Å². The summed E-state index contributed by atoms with van der Waals surface area (Å²) in [6.45, 7) is 8.44. The van der Waals surface area contributed by atoms with E-state index in [1.807, 2.05) is 31.2 Å². The van der Waals surface area contributed by atoms with Crippen LogP contribution in [-0.4, -0.2) is 41.1 Å². The summed E-state index contributed by atoms with van der Waals surface area (Å²) in [5.41, 5.74) is 4.13. The Kier molecular flexibility index (Phi) is 12.1. The van der Waals surface area contributed by atoms with E-state index in [0.29, 0.717) is 50.5 Å². The fourth-order valence-corrected chi connectivity index (χ4v) is 7.57. The van der Waals surface area contributed by atoms with Crippen molar-refractivity contribution >= 4 is 61.0 Å². The predicted octanol–water partition coefficient (Wildman–Crippen LogP) is 9.94. The maximum atomic E-state index is 13.5. The van der Waals surface area contributed by atoms with E-state index in [1.54, 1.807) is 48.5 Å². The largest absolute Gasteiger partial charge is 0.494 e. The van der Waals surface area contributed by atoms with Crippen LogP contribution >= 0.6 is 22.7 Å². The molecular weight excluding hydrogens is 697 g/mol. The minimum Gasteiger partial charge on any atom is -0.494 e. The SMILES string of the molecule is C=CC(=O)OCCCCCCOc1ccc(C(=O)Oc2ccc(C(=O)Oc3ccc(CCC)cc3)c3nc(-c4nc5ccc(C)cc5s4)sc23)cc1. The number of ether oxygens (including phenoxy) is 4. The zero-order valence-corrected chi connectivity index (χ0v) is 30.6. The lowest BCUT2D eigenvalue weighted by Crippen LogP contribution is -2.11. The predicted molar refractivity (Wildman–Crippen MR) is 205 cm³/mol. The molecule has 52 heavy (non-hydrogen) atoms. The Bertz CT molecular complexity index is 2210. The second-order valence-corrected chi connectivity index (χ2v) is 14.2. The van der Waals surface area contributed by atoms with Crippen LogP contribution in [0.5, 0.6) is 17.2 Å². The van der Waals surface area contributed by atoms with Gasteiger partial charge in [-0.15, -0.1) is 22.7 Å². The summed E-state index contributed by atoms with van der Waals surface area (Å²) in [7, 11) is 0. The second kappa shape index (κ2) is 17.2. The van der Waals surface area contributed by atoms with Gasteiger partial charge in [-0.05, 0) is 111 Å². The summed E-state index contributed by atoms with van der Waals surface area (Å²) in [6, 6.07) is 23.5. The topological polar surface area (TPSA) is 114 Å². The van der Waals surface area contributed by atoms with Crippen LogP contribution in [0.3, 0.4) is 0 Å². The molecule has 0 saturated carbocycles. The first kappa shape index (κ1) is 36.4. The van der Waals surface area contributed by atoms with Crippen LogP contribution in [-0.2, 0) is 16.0 Å². The molecule has 11 heteroatoms. The summed E-state index contributed by atoms with van der Waals surface area (Å²) in [4.78, 5) is 47.6. The molecule has 0 atom stereocenters. The quantitative estimate of drug-likeness (QED) is 0.0415. The van der Waals surface area contributed by atoms with Crippen LogP contribution in [0.4, 0.5) is 0 Å². The molecule has 0 unspecified atom stereocenters. The monoisotopic (exact) mass is 734 g/mol. The third-order valence-corrected chi connectivity index (χ3v) is 10.4. The number of rotatable bonds is 16. The Morgan fingerprint density at radius 1 is 0.769 bits per heavy atom. The molecule has 0 aliphatic heterocycles. The zero-order valence-electron chi connectivity index (χ0n) is 29.0. The van der Waals surface area contributed by atoms with Crippen LogP contribution < -0.4 is 14.2 Å². The number of carbonyl (C=O) groups excluding carboxylic acids is 3. The molecule has 2 aromatic heterocycles. The molecule has 6 rings (SSSR count). The molecule has 0 aliphatic rings. The lowest BCUT2D eigenvalue weighted by molar-refractivity contribution is -0.137. The van der Waals surface area contributed by atoms with Gasteiger partial charge >= 0.3 is 17.9 Å². The van der Waals surface area contributed by atoms with E-state index in [9.17, 15) is 14.4 Å². The normalized spacial score (nSPS) is 11.0. The highest BCUT2D eigenvalue weighted by atomic mass is 32.1. The molecule has 266 valence electrons. The van der Waals surface area contributed by atoms with Crippen molar-refractivity contribution in [3.8, 4) is 27.3 Å². The van der Waals surface area contributed by atoms with Gasteiger partial charge < -0.3 is 18.9 Å². The number of carbonyl (C=O) groups is 3. The average Bonchev–Trinajstić information content (AvgIpc) is 3.79. The van der Waals surface area contributed by atoms with Gasteiger partial charge in [-0.2, -0.15) is 0 Å². The first-order chi connectivity index (χ1) is 25.3. The highest BCUT2D eigenvalue weighted by Crippen LogP contribution is 2.41. The number of aryl methyl sites for hydroxylation is 2. The van der Waals surface area contributed by atoms with Crippen molar-refractivity contribution in [1.29, 1.82) is 0 Å². The third-order valence-electron chi connectivity index (χ3n) is 8.14. The molecule has 9 nitrogen and oxygen atoms in total. The van der Waals surface area contributed by atoms with E-state index in [-0.39, 0.29) is 11.3 Å². The Hall–Kier alpha value is -5.39. The number of thiazole rings is 2. The van der Waals surface area contributed by atoms with Crippen molar-refractivity contribution < 1.29 is 33.3 Å². The van der Waals surface area contributed by atoms with Crippen molar-refractivity contribution in [3.05, 3.63) is 114 Å². The van der Waals surface area contributed by atoms with Crippen LogP contribution in [0, 0.1) is 6.92 Å². The van der Waals surface area contributed by atoms with E-state index >= 15 is 0 Å². The second-order valence-electron chi connectivity index (χ2n) is 12.1. The standard InChI is InChI=1S/C41H38N2O7S2/c1-4-10-27-12-16-30(17-13-27)49-41(46)31-20-22-33(37-36(31)43-39(52-37)38-42-32-21-11-26(3)25-34(32)51-38)50-40(45)28-14-18-29(19-15-28)47-23-8-6-7-9-24-48-35(44)5-2/h5,11-22,25H,2,4,6-10,23-24H2,1,3H3. The minimum atomic E-state index is -0.562. The minimum absolute atomic E-state index is 0.254. The van der Waals surface area contributed by atoms with Gasteiger partial charge in [-0.3, -0.25) is 0 Å². The molecule has 2 heterocycles. The summed E-state index contributed by atoms with van der Waals surface area (Å²) >= 11 is 2.82. The van der Waals surface area contributed by atoms with Crippen LogP contribution in [0.1, 0.15) is 70.9 Å². The van der Waals surface area contributed by atoms with E-state index < -0.39 is 17.9 Å². The van der Waals surface area contributed by atoms with Gasteiger partial charge in [0.15, 0.2) is 15.8 Å². The molecule has 6 aromatic rings. The summed E-state index contributed by atoms with van der Waals surface area (Å²) < 4.78 is 24.1. The molecule has 0 bridgehead atoms. The van der Waals surface area contributed by atoms with Gasteiger partial charge in [-0.1, -0.05) is 38.1 Å². The number of fused-ring (bicyclic) bond motifs is 2. The van der Waals surface area contributed by atoms with Crippen molar-refractivity contribution in [2.24, 2.45) is 0 Å². The van der Waals surface area contributed by atoms with Crippen LogP contribution in [0.2, 0.25) is 0 Å². The number of esters is 3. The molecule has 0 fully saturated rings. The molecule has 0 aliphatic carbocycles. The van der Waals surface area contributed by atoms with Gasteiger partial charge in [-0.25, -0.2) is 24.4 Å². The molecule has 0 radical (unpaired) electrons. The first-order valence-electron chi connectivity index (χ1n) is 17.2. The number of hydrogen-bond donors (Lipinski definition) is 0. The molecule has 4 aromatic carbocycles. The lowest BCUT2D eigenvalue weighted by atomic mass is 10.1. The van der Waals surface area contributed by atoms with Crippen LogP contribution in [0.15, 0.2) is 91.5 Å². The average molecular weight is 735 g/mol. The summed E-state index contributed by atoms with van der Waals surface area (Å²) in [6.07, 6.45) is 6.61. The number of aromatic nitrogens is 2. The van der Waals surface area contributed by atoms with Crippen molar-refractivity contribution in [3.63, 3.8) is 0 Å². The van der Waals surface area contributed by atoms with Crippen molar-refractivity contribution in [2.45, 2.75) is 52.4 Å². The van der Waals surface area contributed by atoms with Crippen molar-refractivity contribution in [1.82, 2.24) is 9.97 Å². The fourth-order valence-electron chi connectivity index (χ4n) is 5.44. The molecule has 0 amide bonds. The van der Waals surface area contributed by atoms with E-state index in [1.165, 1.54) is 28.2 Å². The number of nitrogens with zero attached hydrogens (tertiary/aromatic N) is 2. The van der Waals surface area contributed by atoms with Crippen LogP contribution in [0.25, 0.3) is 30.4 Å². The van der Waals surface area contributed by atoms with Gasteiger partial charge in [0.2, 0.25) is 0 Å². The summed E-state index contributed by atoms with van der Waals surface area (Å²) in [5, 5.41) is 1.31. The Morgan fingerprint density at radius 2 is 1.50 bits per heavy atom. The summed E-state index contributed by atoms with van der Waals surface area (Å²) in [5.74, 6) is -0.176. The highest BCUT2D eigenvalue weighted by molar-refractivity contribution is 7.28. The van der Waals surface area contributed by atoms with Gasteiger partial charge in [0.1, 0.15) is 17.0 Å². The Morgan fingerprint density at radius 3 is 2.25 bits per heavy atom. The molecule has 0 N–H and O–H groups in total. The first-order valence-corrected chi connectivity index (χ1v) is 18.8. The van der Waals surface area contributed by atoms with E-state index in [4.69, 9.17) is 28.9 Å².